The number of carbonyl (C=O) groups excluding carboxylic acids is 6. The topological polar surface area (TPSA) is 106 Å². The Bertz CT molecular complexity index is 788. The van der Waals surface area contributed by atoms with Crippen molar-refractivity contribution in [2.24, 2.45) is 0 Å². The summed E-state index contributed by atoms with van der Waals surface area (Å²) < 4.78 is -3.17. The van der Waals surface area contributed by atoms with E-state index in [0.717, 1.165) is 32.8 Å². The van der Waals surface area contributed by atoms with Crippen molar-refractivity contribution in [3.63, 3.8) is 0 Å². The van der Waals surface area contributed by atoms with Crippen LogP contribution >= 0.6 is 0 Å². The molecule has 0 fully saturated rings. The number of benzene rings is 1. The van der Waals surface area contributed by atoms with E-state index in [9.17, 15) is 28.8 Å². The third-order valence-corrected chi connectivity index (χ3v) is 4.76. The van der Waals surface area contributed by atoms with Gasteiger partial charge in [-0.1, -0.05) is 0 Å². The summed E-state index contributed by atoms with van der Waals surface area (Å²) in [5, 5.41) is 0.764. The Labute approximate surface area is 155 Å². The second-order valence-electron chi connectivity index (χ2n) is 6.22. The molecule has 0 saturated carbocycles. The molecule has 2 bridgehead atoms. The molecule has 1 aromatic carbocycles. The van der Waals surface area contributed by atoms with Crippen LogP contribution in [0.25, 0.3) is 0 Å². The molecule has 2 aliphatic heterocycles. The van der Waals surface area contributed by atoms with Crippen LogP contribution in [0, 0.1) is 0 Å². The van der Waals surface area contributed by atoms with Gasteiger partial charge in [0.1, 0.15) is 6.54 Å². The highest BCUT2D eigenvalue weighted by atomic mass is 16.3. The fourth-order valence-corrected chi connectivity index (χ4v) is 3.63. The highest BCUT2D eigenvalue weighted by Crippen LogP contribution is 2.32. The maximum Gasteiger partial charge on any atom is 0.384 e. The van der Waals surface area contributed by atoms with E-state index in [-0.39, 0.29) is 17.7 Å². The number of amides is 6. The third kappa shape index (κ3) is 2.43. The minimum atomic E-state index is -1.58. The number of hydrogen-bond donors (Lipinski definition) is 0. The molecule has 1 aromatic rings. The molecule has 0 radical (unpaired) electrons. The van der Waals surface area contributed by atoms with Gasteiger partial charge in [-0.15, -0.1) is 0 Å². The van der Waals surface area contributed by atoms with Crippen LogP contribution in [-0.2, 0) is 19.2 Å². The predicted molar refractivity (Wildman–Crippen MR) is 90.7 cm³/mol. The maximum absolute atomic E-state index is 13.3. The summed E-state index contributed by atoms with van der Waals surface area (Å²) in [5.41, 5.74) is 0.00464. The van der Waals surface area contributed by atoms with E-state index in [1.807, 2.05) is 0 Å². The first-order chi connectivity index (χ1) is 12.5. The van der Waals surface area contributed by atoms with Crippen LogP contribution in [0.2, 0.25) is 0 Å². The van der Waals surface area contributed by atoms with E-state index in [1.54, 1.807) is 0 Å². The van der Waals surface area contributed by atoms with Crippen LogP contribution in [0.3, 0.4) is 0 Å². The first kappa shape index (κ1) is 20.4. The Hall–Kier alpha value is -2.88. The van der Waals surface area contributed by atoms with Crippen LogP contribution in [-0.4, -0.2) is 56.3 Å². The molecule has 2 aliphatic rings. The van der Waals surface area contributed by atoms with E-state index >= 15 is 0 Å². The van der Waals surface area contributed by atoms with E-state index in [4.69, 9.17) is 0 Å². The Kier molecular flexibility index (Phi) is 5.06. The standard InChI is InChI=1S/C18H21N3O6/c1-6-19-20(11(2)22,12(3)23)17(26)15-7-9-16(10-8-15)18(27)21(19,13(4)24)14(5)25/h7-10H,6H2,1-5H3/q+2. The molecule has 0 aliphatic carbocycles. The zero-order valence-electron chi connectivity index (χ0n) is 15.8. The first-order valence-electron chi connectivity index (χ1n) is 8.31. The van der Waals surface area contributed by atoms with Gasteiger partial charge in [0.15, 0.2) is 0 Å². The molecule has 9 heteroatoms. The number of imide groups is 6. The van der Waals surface area contributed by atoms with Gasteiger partial charge in [0.25, 0.3) is 0 Å². The Morgan fingerprint density at radius 2 is 0.963 bits per heavy atom. The van der Waals surface area contributed by atoms with Crippen LogP contribution in [0.5, 0.6) is 0 Å². The highest BCUT2D eigenvalue weighted by molar-refractivity contribution is 6.07. The number of fused-ring (bicyclic) bond motifs is 6. The number of hydrogen-bond acceptors (Lipinski definition) is 7. The fraction of sp³-hybridized carbons (Fsp3) is 0.333. The van der Waals surface area contributed by atoms with E-state index in [2.05, 4.69) is 0 Å². The molecule has 2 heterocycles. The summed E-state index contributed by atoms with van der Waals surface area (Å²) >= 11 is 0. The molecule has 0 N–H and O–H groups in total. The number of rotatable bonds is 1. The van der Waals surface area contributed by atoms with Gasteiger partial charge in [0.2, 0.25) is 0 Å². The minimum absolute atomic E-state index is 0.00232. The summed E-state index contributed by atoms with van der Waals surface area (Å²) in [7, 11) is 0. The normalized spacial score (nSPS) is 18.4. The van der Waals surface area contributed by atoms with Gasteiger partial charge in [-0.05, 0) is 40.4 Å². The SMILES string of the molecule is CCN1[N+](C(C)=O)(C(C)=O)C(=O)c2ccc(cc2)C(=O)[N+]1(C(C)=O)C(C)=O. The van der Waals surface area contributed by atoms with Crippen molar-refractivity contribution in [1.29, 1.82) is 0 Å². The third-order valence-electron chi connectivity index (χ3n) is 4.76. The zero-order chi connectivity index (χ0) is 20.7. The molecule has 27 heavy (non-hydrogen) atoms. The van der Waals surface area contributed by atoms with Crippen molar-refractivity contribution in [2.45, 2.75) is 34.6 Å². The maximum atomic E-state index is 13.3. The molecule has 0 unspecified atom stereocenters. The quantitative estimate of drug-likeness (QED) is 0.673. The lowest BCUT2D eigenvalue weighted by Crippen LogP contribution is -2.81. The van der Waals surface area contributed by atoms with Crippen LogP contribution in [0.15, 0.2) is 24.3 Å². The van der Waals surface area contributed by atoms with Crippen LogP contribution in [0.1, 0.15) is 55.3 Å². The Balaban J connectivity index is 3.15. The lowest BCUT2D eigenvalue weighted by Gasteiger charge is -2.42. The minimum Gasteiger partial charge on any atom is -0.228 e. The lowest BCUT2D eigenvalue weighted by molar-refractivity contribution is -1.06. The van der Waals surface area contributed by atoms with Gasteiger partial charge in [0.05, 0.1) is 38.8 Å². The average Bonchev–Trinajstić information content (AvgIpc) is 2.64. The summed E-state index contributed by atoms with van der Waals surface area (Å²) in [6, 6.07) is 5.18. The summed E-state index contributed by atoms with van der Waals surface area (Å²) in [6.45, 7) is 5.20. The van der Waals surface area contributed by atoms with Crippen LogP contribution < -0.4 is 0 Å². The van der Waals surface area contributed by atoms with Crippen molar-refractivity contribution in [3.05, 3.63) is 35.4 Å². The first-order valence-corrected chi connectivity index (χ1v) is 8.31. The Morgan fingerprint density at radius 1 is 0.704 bits per heavy atom. The van der Waals surface area contributed by atoms with Crippen molar-refractivity contribution in [2.75, 3.05) is 6.54 Å². The van der Waals surface area contributed by atoms with Crippen molar-refractivity contribution in [1.82, 2.24) is 5.12 Å². The van der Waals surface area contributed by atoms with E-state index < -0.39 is 44.6 Å². The molecular formula is C18H21N3O6+2. The largest absolute Gasteiger partial charge is 0.384 e. The number of nitrogens with zero attached hydrogens (tertiary/aromatic N) is 3. The van der Waals surface area contributed by atoms with Crippen molar-refractivity contribution >= 4 is 35.4 Å². The molecule has 6 amide bonds. The van der Waals surface area contributed by atoms with Gasteiger partial charge in [-0.25, -0.2) is 28.8 Å². The van der Waals surface area contributed by atoms with Gasteiger partial charge >= 0.3 is 35.4 Å². The average molecular weight is 375 g/mol. The van der Waals surface area contributed by atoms with E-state index in [0.29, 0.717) is 0 Å². The Morgan fingerprint density at radius 3 is 1.15 bits per heavy atom. The van der Waals surface area contributed by atoms with Gasteiger partial charge in [0, 0.05) is 5.12 Å². The van der Waals surface area contributed by atoms with Gasteiger partial charge in [-0.3, -0.25) is 0 Å². The highest BCUT2D eigenvalue weighted by Gasteiger charge is 2.69. The zero-order valence-corrected chi connectivity index (χ0v) is 15.8. The summed E-state index contributed by atoms with van der Waals surface area (Å²) in [6.07, 6.45) is 0. The smallest absolute Gasteiger partial charge is 0.228 e. The van der Waals surface area contributed by atoms with Crippen LogP contribution in [0.4, 0.5) is 0 Å². The summed E-state index contributed by atoms with van der Waals surface area (Å²) in [4.78, 5) is 77.5. The van der Waals surface area contributed by atoms with Gasteiger partial charge in [-0.2, -0.15) is 0 Å². The molecule has 142 valence electrons. The molecule has 0 spiro atoms. The molecule has 0 saturated heterocycles. The molecular weight excluding hydrogens is 354 g/mol. The monoisotopic (exact) mass is 375 g/mol. The second-order valence-corrected chi connectivity index (χ2v) is 6.22. The fourth-order valence-electron chi connectivity index (χ4n) is 3.63. The lowest BCUT2D eigenvalue weighted by atomic mass is 10.1. The second kappa shape index (κ2) is 6.69. The van der Waals surface area contributed by atoms with E-state index in [1.165, 1.54) is 31.2 Å². The predicted octanol–water partition coefficient (Wildman–Crippen LogP) is 0.952. The molecule has 9 nitrogen and oxygen atoms in total. The molecule has 0 aromatic heterocycles. The van der Waals surface area contributed by atoms with Crippen molar-refractivity contribution in [3.8, 4) is 0 Å². The van der Waals surface area contributed by atoms with Crippen molar-refractivity contribution < 1.29 is 38.0 Å². The van der Waals surface area contributed by atoms with Gasteiger partial charge < -0.3 is 0 Å². The molecule has 0 atom stereocenters. The number of quaternary nitrogens is 2. The summed E-state index contributed by atoms with van der Waals surface area (Å²) in [5.74, 6) is -5.62. The number of carbonyl (C=O) groups is 6. The molecule has 3 rings (SSSR count).